The van der Waals surface area contributed by atoms with Crippen molar-refractivity contribution in [3.8, 4) is 0 Å². The summed E-state index contributed by atoms with van der Waals surface area (Å²) in [6, 6.07) is 0. The lowest BCUT2D eigenvalue weighted by atomic mass is 11.9. The molecule has 2 N–H and O–H groups in total. The van der Waals surface area contributed by atoms with Crippen LogP contribution >= 0.6 is 0 Å². The second-order valence-corrected chi connectivity index (χ2v) is 8.59. The third kappa shape index (κ3) is 0.702. The highest BCUT2D eigenvalue weighted by atomic mass is 28.4. The molecule has 0 radical (unpaired) electrons. The average Bonchev–Trinajstić information content (AvgIpc) is 1.32. The highest BCUT2D eigenvalue weighted by molar-refractivity contribution is 6.90. The van der Waals surface area contributed by atoms with Gasteiger partial charge in [-0.15, -0.1) is 0 Å². The quantitative estimate of drug-likeness (QED) is 0.394. The molecule has 6 heavy (non-hydrogen) atoms. The summed E-state index contributed by atoms with van der Waals surface area (Å²) < 4.78 is 6.90. The Morgan fingerprint density at radius 1 is 1.33 bits per heavy atom. The van der Waals surface area contributed by atoms with Crippen LogP contribution in [0.25, 0.3) is 0 Å². The van der Waals surface area contributed by atoms with Crippen molar-refractivity contribution in [3.63, 3.8) is 0 Å². The van der Waals surface area contributed by atoms with Crippen LogP contribution in [0.3, 0.4) is 0 Å². The lowest BCUT2D eigenvalue weighted by molar-refractivity contribution is 1.14. The summed E-state index contributed by atoms with van der Waals surface area (Å²) in [4.78, 5) is 0. The fourth-order valence-electron chi connectivity index (χ4n) is 0.442. The van der Waals surface area contributed by atoms with E-state index in [0.29, 0.717) is 0 Å². The van der Waals surface area contributed by atoms with Crippen molar-refractivity contribution in [2.24, 2.45) is 0 Å². The van der Waals surface area contributed by atoms with E-state index < -0.39 is 8.40 Å². The van der Waals surface area contributed by atoms with E-state index in [9.17, 15) is 0 Å². The number of hydrogen-bond acceptors (Lipinski definition) is 2. The fraction of sp³-hybridized carbons (Fsp3) is 1.00. The number of nitrogens with one attached hydrogen (secondary N) is 2. The first-order valence-corrected chi connectivity index (χ1v) is 6.62. The van der Waals surface area contributed by atoms with Gasteiger partial charge in [0, 0.05) is 0 Å². The first kappa shape index (κ1) is 4.51. The van der Waals surface area contributed by atoms with Crippen LogP contribution in [-0.2, 0) is 0 Å². The lowest BCUT2D eigenvalue weighted by Gasteiger charge is -2.34. The third-order valence-corrected chi connectivity index (χ3v) is 9.55. The molecule has 0 bridgehead atoms. The summed E-state index contributed by atoms with van der Waals surface area (Å²) in [5.74, 6) is 0. The molecule has 0 saturated carbocycles. The summed E-state index contributed by atoms with van der Waals surface area (Å²) in [6.07, 6.45) is 0. The van der Waals surface area contributed by atoms with Gasteiger partial charge in [0.25, 0.3) is 0 Å². The van der Waals surface area contributed by atoms with Crippen LogP contribution in [0.5, 0.6) is 0 Å². The molecule has 0 aliphatic carbocycles. The van der Waals surface area contributed by atoms with Gasteiger partial charge in [0.1, 0.15) is 0 Å². The molecule has 0 unspecified atom stereocenters. The standard InChI is InChI=1S/C2H10N2Si2/c1-6(2)3-5-4-6/h3-4H,5H2,1-2H3. The Morgan fingerprint density at radius 2 is 1.67 bits per heavy atom. The van der Waals surface area contributed by atoms with Gasteiger partial charge in [-0.2, -0.15) is 0 Å². The van der Waals surface area contributed by atoms with Crippen LogP contribution in [0.2, 0.25) is 13.1 Å². The normalized spacial score (nSPS) is 29.0. The predicted octanol–water partition coefficient (Wildman–Crippen LogP) is -1.12. The van der Waals surface area contributed by atoms with Gasteiger partial charge in [-0.1, -0.05) is 0 Å². The molecule has 1 fully saturated rings. The van der Waals surface area contributed by atoms with E-state index in [1.807, 2.05) is 0 Å². The van der Waals surface area contributed by atoms with Crippen LogP contribution in [0.15, 0.2) is 0 Å². The summed E-state index contributed by atoms with van der Waals surface area (Å²) in [5, 5.41) is 0. The lowest BCUT2D eigenvalue weighted by Crippen LogP contribution is -2.74. The van der Waals surface area contributed by atoms with Crippen LogP contribution < -0.4 is 9.30 Å². The fourth-order valence-corrected chi connectivity index (χ4v) is 3.98. The molecule has 1 rings (SSSR count). The second-order valence-electron chi connectivity index (χ2n) is 2.16. The molecule has 0 atom stereocenters. The van der Waals surface area contributed by atoms with Gasteiger partial charge in [0.2, 0.25) is 0 Å². The van der Waals surface area contributed by atoms with E-state index in [4.69, 9.17) is 0 Å². The zero-order valence-electron chi connectivity index (χ0n) is 4.21. The van der Waals surface area contributed by atoms with Crippen molar-refractivity contribution >= 4 is 18.2 Å². The third-order valence-electron chi connectivity index (χ3n) is 1.06. The minimum Gasteiger partial charge on any atom is -0.341 e. The molecule has 1 aliphatic rings. The van der Waals surface area contributed by atoms with E-state index in [1.165, 1.54) is 0 Å². The number of hydrogen-bond donors (Lipinski definition) is 2. The molecule has 2 nitrogen and oxygen atoms in total. The van der Waals surface area contributed by atoms with Gasteiger partial charge in [-0.3, -0.25) is 0 Å². The van der Waals surface area contributed by atoms with Crippen molar-refractivity contribution < 1.29 is 0 Å². The minimum absolute atomic E-state index is 0.0625. The number of rotatable bonds is 0. The second kappa shape index (κ2) is 1.16. The Kier molecular flexibility index (Phi) is 0.872. The summed E-state index contributed by atoms with van der Waals surface area (Å²) >= 11 is 0. The van der Waals surface area contributed by atoms with Crippen molar-refractivity contribution in [1.82, 2.24) is 9.30 Å². The maximum Gasteiger partial charge on any atom is 0.182 e. The first-order chi connectivity index (χ1) is 2.71. The van der Waals surface area contributed by atoms with Gasteiger partial charge in [-0.25, -0.2) is 0 Å². The van der Waals surface area contributed by atoms with Crippen LogP contribution in [0.1, 0.15) is 0 Å². The molecule has 0 aromatic rings. The van der Waals surface area contributed by atoms with Crippen molar-refractivity contribution in [3.05, 3.63) is 0 Å². The maximum absolute atomic E-state index is 3.45. The van der Waals surface area contributed by atoms with Gasteiger partial charge >= 0.3 is 0 Å². The molecule has 1 heterocycles. The largest absolute Gasteiger partial charge is 0.341 e. The van der Waals surface area contributed by atoms with Crippen molar-refractivity contribution in [1.29, 1.82) is 0 Å². The highest BCUT2D eigenvalue weighted by Gasteiger charge is 2.26. The maximum atomic E-state index is 3.45. The van der Waals surface area contributed by atoms with E-state index in [-0.39, 0.29) is 9.84 Å². The molecule has 1 saturated heterocycles. The van der Waals surface area contributed by atoms with Gasteiger partial charge < -0.3 is 9.30 Å². The van der Waals surface area contributed by atoms with E-state index in [1.54, 1.807) is 0 Å². The predicted molar refractivity (Wildman–Crippen MR) is 32.3 cm³/mol. The molecule has 4 heteroatoms. The van der Waals surface area contributed by atoms with E-state index in [2.05, 4.69) is 22.4 Å². The molecule has 0 amide bonds. The Morgan fingerprint density at radius 3 is 1.67 bits per heavy atom. The van der Waals surface area contributed by atoms with Crippen molar-refractivity contribution in [2.75, 3.05) is 0 Å². The molecule has 1 aliphatic heterocycles. The summed E-state index contributed by atoms with van der Waals surface area (Å²) in [7, 11) is -0.826. The molecule has 0 aromatic heterocycles. The Hall–Kier alpha value is 0.354. The van der Waals surface area contributed by atoms with Crippen LogP contribution in [0.4, 0.5) is 0 Å². The molecule has 0 spiro atoms. The van der Waals surface area contributed by atoms with Gasteiger partial charge in [0.05, 0.1) is 0 Å². The van der Waals surface area contributed by atoms with Crippen molar-refractivity contribution in [2.45, 2.75) is 13.1 Å². The van der Waals surface area contributed by atoms with Gasteiger partial charge in [0.15, 0.2) is 18.2 Å². The Bertz CT molecular complexity index is 56.6. The molecular weight excluding hydrogens is 108 g/mol. The summed E-state index contributed by atoms with van der Waals surface area (Å²) in [5.41, 5.74) is 0. The van der Waals surface area contributed by atoms with Crippen LogP contribution in [-0.4, -0.2) is 18.2 Å². The Balaban J connectivity index is 2.31. The summed E-state index contributed by atoms with van der Waals surface area (Å²) in [6.45, 7) is 4.56. The van der Waals surface area contributed by atoms with E-state index in [0.717, 1.165) is 0 Å². The zero-order chi connectivity index (χ0) is 4.62. The SMILES string of the molecule is C[Si]1(C)N[SiH2]N1. The Labute approximate surface area is 41.5 Å². The highest BCUT2D eigenvalue weighted by Crippen LogP contribution is 1.93. The molecule has 36 valence electrons. The topological polar surface area (TPSA) is 24.1 Å². The average molecular weight is 118 g/mol. The smallest absolute Gasteiger partial charge is 0.182 e. The minimum atomic E-state index is -0.889. The first-order valence-electron chi connectivity index (χ1n) is 2.21. The monoisotopic (exact) mass is 118 g/mol. The van der Waals surface area contributed by atoms with Gasteiger partial charge in [-0.05, 0) is 13.1 Å². The zero-order valence-corrected chi connectivity index (χ0v) is 6.62. The molecule has 0 aromatic carbocycles. The van der Waals surface area contributed by atoms with E-state index >= 15 is 0 Å². The van der Waals surface area contributed by atoms with Crippen LogP contribution in [0, 0.1) is 0 Å². The molecular formula is C2H10N2Si2.